The molecule has 0 aromatic heterocycles. The quantitative estimate of drug-likeness (QED) is 0.813. The van der Waals surface area contributed by atoms with Gasteiger partial charge in [-0.05, 0) is 73.6 Å². The largest absolute Gasteiger partial charge is 0.497 e. The Morgan fingerprint density at radius 1 is 1.09 bits per heavy atom. The number of amides is 1. The molecule has 4 atom stereocenters. The molecule has 1 N–H and O–H groups in total. The minimum Gasteiger partial charge on any atom is -0.497 e. The number of anilines is 1. The van der Waals surface area contributed by atoms with Crippen molar-refractivity contribution in [3.8, 4) is 5.75 Å². The Bertz CT molecular complexity index is 594. The number of halogens is 2. The molecular formula is C18H21Cl2NO2. The van der Waals surface area contributed by atoms with Gasteiger partial charge in [-0.25, -0.2) is 0 Å². The van der Waals surface area contributed by atoms with E-state index in [-0.39, 0.29) is 11.8 Å². The summed E-state index contributed by atoms with van der Waals surface area (Å²) >= 11 is 12.7. The monoisotopic (exact) mass is 353 g/mol. The first kappa shape index (κ1) is 15.6. The zero-order valence-electron chi connectivity index (χ0n) is 13.1. The number of hydrogen-bond donors (Lipinski definition) is 1. The summed E-state index contributed by atoms with van der Waals surface area (Å²) in [6.45, 7) is 0. The Kier molecular flexibility index (Phi) is 3.77. The van der Waals surface area contributed by atoms with E-state index < -0.39 is 4.33 Å². The molecule has 0 unspecified atom stereocenters. The molecule has 3 aliphatic rings. The Balaban J connectivity index is 1.36. The normalized spacial score (nSPS) is 36.7. The van der Waals surface area contributed by atoms with Gasteiger partial charge in [-0.2, -0.15) is 0 Å². The molecular weight excluding hydrogens is 333 g/mol. The lowest BCUT2D eigenvalue weighted by molar-refractivity contribution is -0.117. The lowest BCUT2D eigenvalue weighted by Crippen LogP contribution is -2.15. The van der Waals surface area contributed by atoms with Crippen molar-refractivity contribution in [3.05, 3.63) is 24.3 Å². The van der Waals surface area contributed by atoms with Crippen LogP contribution in [0.15, 0.2) is 24.3 Å². The Hall–Kier alpha value is -0.930. The summed E-state index contributed by atoms with van der Waals surface area (Å²) in [5, 5.41) is 3.04. The summed E-state index contributed by atoms with van der Waals surface area (Å²) in [5.74, 6) is 3.02. The number of ether oxygens (including phenoxy) is 1. The van der Waals surface area contributed by atoms with Crippen molar-refractivity contribution in [2.24, 2.45) is 29.6 Å². The van der Waals surface area contributed by atoms with Crippen LogP contribution in [0.3, 0.4) is 0 Å². The number of alkyl halides is 2. The minimum atomic E-state index is -0.488. The van der Waals surface area contributed by atoms with Crippen molar-refractivity contribution >= 4 is 34.8 Å². The topological polar surface area (TPSA) is 38.3 Å². The lowest BCUT2D eigenvalue weighted by atomic mass is 10.0. The Labute approximate surface area is 146 Å². The van der Waals surface area contributed by atoms with Gasteiger partial charge in [0.25, 0.3) is 0 Å². The molecule has 0 saturated heterocycles. The van der Waals surface area contributed by atoms with Gasteiger partial charge in [0.05, 0.1) is 7.11 Å². The highest BCUT2D eigenvalue weighted by Gasteiger charge is 2.65. The fourth-order valence-electron chi connectivity index (χ4n) is 4.51. The van der Waals surface area contributed by atoms with E-state index in [1.54, 1.807) is 7.11 Å². The summed E-state index contributed by atoms with van der Waals surface area (Å²) < 4.78 is 4.65. The molecule has 0 spiro atoms. The minimum absolute atomic E-state index is 0.156. The fraction of sp³-hybridized carbons (Fsp3) is 0.611. The third-order valence-corrected chi connectivity index (χ3v) is 7.10. The van der Waals surface area contributed by atoms with Crippen LogP contribution in [-0.4, -0.2) is 17.4 Å². The van der Waals surface area contributed by atoms with Gasteiger partial charge in [0.1, 0.15) is 10.1 Å². The number of carbonyl (C=O) groups is 1. The first-order chi connectivity index (χ1) is 11.0. The van der Waals surface area contributed by atoms with Gasteiger partial charge in [0.15, 0.2) is 0 Å². The van der Waals surface area contributed by atoms with Crippen LogP contribution in [0.25, 0.3) is 0 Å². The highest BCUT2D eigenvalue weighted by Crippen LogP contribution is 2.67. The molecule has 1 amide bonds. The molecule has 3 saturated carbocycles. The van der Waals surface area contributed by atoms with Crippen molar-refractivity contribution in [2.75, 3.05) is 12.4 Å². The van der Waals surface area contributed by atoms with Crippen molar-refractivity contribution in [2.45, 2.75) is 30.0 Å². The molecule has 0 bridgehead atoms. The van der Waals surface area contributed by atoms with Crippen molar-refractivity contribution in [1.82, 2.24) is 0 Å². The molecule has 0 heterocycles. The molecule has 1 aromatic carbocycles. The van der Waals surface area contributed by atoms with Crippen LogP contribution < -0.4 is 10.1 Å². The highest BCUT2D eigenvalue weighted by atomic mass is 35.5. The Morgan fingerprint density at radius 3 is 2.17 bits per heavy atom. The van der Waals surface area contributed by atoms with E-state index in [0.717, 1.165) is 37.1 Å². The summed E-state index contributed by atoms with van der Waals surface area (Å²) in [6, 6.07) is 7.48. The number of methoxy groups -OCH3 is 1. The van der Waals surface area contributed by atoms with Gasteiger partial charge in [-0.3, -0.25) is 4.79 Å². The second-order valence-corrected chi connectivity index (χ2v) is 8.56. The zero-order chi connectivity index (χ0) is 16.2. The van der Waals surface area contributed by atoms with E-state index in [2.05, 4.69) is 5.32 Å². The van der Waals surface area contributed by atoms with Crippen LogP contribution in [0.2, 0.25) is 0 Å². The number of nitrogens with one attached hydrogen (secondary N) is 1. The summed E-state index contributed by atoms with van der Waals surface area (Å²) in [4.78, 5) is 12.5. The van der Waals surface area contributed by atoms with E-state index in [0.29, 0.717) is 23.7 Å². The van der Waals surface area contributed by atoms with Crippen molar-refractivity contribution < 1.29 is 9.53 Å². The van der Waals surface area contributed by atoms with Crippen LogP contribution in [-0.2, 0) is 4.79 Å². The number of benzene rings is 1. The van der Waals surface area contributed by atoms with Crippen LogP contribution in [0.4, 0.5) is 5.69 Å². The molecule has 3 nitrogen and oxygen atoms in total. The number of rotatable bonds is 3. The standard InChI is InChI=1S/C18H21Cl2NO2/c1-23-11-4-2-10(3-5-11)21-17(22)16-12-6-8-14-15(18(14,19)20)9-7-13(12)16/h2-5,12-16H,6-9H2,1H3,(H,21,22)/t12-,13-,14-,15-/m1/s1. The predicted octanol–water partition coefficient (Wildman–Crippen LogP) is 4.49. The van der Waals surface area contributed by atoms with Gasteiger partial charge in [0, 0.05) is 11.6 Å². The second kappa shape index (κ2) is 5.56. The van der Waals surface area contributed by atoms with E-state index in [1.807, 2.05) is 24.3 Å². The summed E-state index contributed by atoms with van der Waals surface area (Å²) in [5.41, 5.74) is 0.832. The van der Waals surface area contributed by atoms with Gasteiger partial charge < -0.3 is 10.1 Å². The van der Waals surface area contributed by atoms with Crippen LogP contribution >= 0.6 is 23.2 Å². The zero-order valence-corrected chi connectivity index (χ0v) is 14.6. The molecule has 3 aliphatic carbocycles. The SMILES string of the molecule is COc1ccc(NC(=O)C2[C@@H]3CC[C@@H]4[C@@H](CC[C@@H]23)C4(Cl)Cl)cc1. The maximum atomic E-state index is 12.5. The summed E-state index contributed by atoms with van der Waals surface area (Å²) in [7, 11) is 1.63. The third kappa shape index (κ3) is 2.72. The van der Waals surface area contributed by atoms with Gasteiger partial charge in [-0.1, -0.05) is 0 Å². The first-order valence-electron chi connectivity index (χ1n) is 8.35. The van der Waals surface area contributed by atoms with Gasteiger partial charge >= 0.3 is 0 Å². The number of fused-ring (bicyclic) bond motifs is 2. The maximum Gasteiger partial charge on any atom is 0.228 e. The third-order valence-electron chi connectivity index (χ3n) is 5.98. The number of hydrogen-bond acceptors (Lipinski definition) is 2. The van der Waals surface area contributed by atoms with Gasteiger partial charge in [0.2, 0.25) is 5.91 Å². The van der Waals surface area contributed by atoms with Crippen molar-refractivity contribution in [1.29, 1.82) is 0 Å². The van der Waals surface area contributed by atoms with Crippen LogP contribution in [0.1, 0.15) is 25.7 Å². The predicted molar refractivity (Wildman–Crippen MR) is 92.0 cm³/mol. The molecule has 124 valence electrons. The smallest absolute Gasteiger partial charge is 0.228 e. The maximum absolute atomic E-state index is 12.5. The Morgan fingerprint density at radius 2 is 1.65 bits per heavy atom. The summed E-state index contributed by atoms with van der Waals surface area (Å²) in [6.07, 6.45) is 4.28. The average molecular weight is 354 g/mol. The van der Waals surface area contributed by atoms with Gasteiger partial charge in [-0.15, -0.1) is 23.2 Å². The number of carbonyl (C=O) groups excluding carboxylic acids is 1. The average Bonchev–Trinajstić information content (AvgIpc) is 3.33. The first-order valence-corrected chi connectivity index (χ1v) is 9.10. The molecule has 3 fully saturated rings. The highest BCUT2D eigenvalue weighted by molar-refractivity contribution is 6.51. The van der Waals surface area contributed by atoms with Crippen molar-refractivity contribution in [3.63, 3.8) is 0 Å². The molecule has 5 heteroatoms. The van der Waals surface area contributed by atoms with E-state index in [4.69, 9.17) is 27.9 Å². The second-order valence-electron chi connectivity index (χ2n) is 7.11. The van der Waals surface area contributed by atoms with E-state index in [1.165, 1.54) is 0 Å². The molecule has 4 rings (SSSR count). The molecule has 1 aromatic rings. The molecule has 0 aliphatic heterocycles. The van der Waals surface area contributed by atoms with Crippen LogP contribution in [0.5, 0.6) is 5.75 Å². The lowest BCUT2D eigenvalue weighted by Gasteiger charge is -2.06. The molecule has 0 radical (unpaired) electrons. The van der Waals surface area contributed by atoms with E-state index >= 15 is 0 Å². The fourth-order valence-corrected chi connectivity index (χ4v) is 5.43. The van der Waals surface area contributed by atoms with E-state index in [9.17, 15) is 4.79 Å². The van der Waals surface area contributed by atoms with Crippen LogP contribution in [0, 0.1) is 29.6 Å². The molecule has 23 heavy (non-hydrogen) atoms.